The van der Waals surface area contributed by atoms with Crippen molar-refractivity contribution in [2.24, 2.45) is 0 Å². The van der Waals surface area contributed by atoms with Gasteiger partial charge in [0.15, 0.2) is 0 Å². The van der Waals surface area contributed by atoms with Crippen molar-refractivity contribution < 1.29 is 5.11 Å². The van der Waals surface area contributed by atoms with Gasteiger partial charge in [0.25, 0.3) is 0 Å². The maximum absolute atomic E-state index is 10.3. The van der Waals surface area contributed by atoms with E-state index in [2.05, 4.69) is 28.0 Å². The highest BCUT2D eigenvalue weighted by Crippen LogP contribution is 2.33. The molecule has 96 valence electrons. The SMILES string of the molecule is CCCn1cc(C(O)c2cccc(Br)c2Cl)cn1. The van der Waals surface area contributed by atoms with E-state index in [4.69, 9.17) is 11.6 Å². The van der Waals surface area contributed by atoms with Crippen LogP contribution in [0.1, 0.15) is 30.6 Å². The third kappa shape index (κ3) is 2.76. The number of benzene rings is 1. The highest BCUT2D eigenvalue weighted by molar-refractivity contribution is 9.10. The molecule has 0 fully saturated rings. The Bertz CT molecular complexity index is 542. The van der Waals surface area contributed by atoms with Gasteiger partial charge < -0.3 is 5.11 Å². The zero-order valence-corrected chi connectivity index (χ0v) is 12.3. The molecule has 5 heteroatoms. The fourth-order valence-electron chi connectivity index (χ4n) is 1.78. The smallest absolute Gasteiger partial charge is 0.109 e. The van der Waals surface area contributed by atoms with Crippen molar-refractivity contribution >= 4 is 27.5 Å². The van der Waals surface area contributed by atoms with E-state index in [0.29, 0.717) is 10.6 Å². The molecule has 2 rings (SSSR count). The number of aryl methyl sites for hydroxylation is 1. The Morgan fingerprint density at radius 3 is 3.00 bits per heavy atom. The summed E-state index contributed by atoms with van der Waals surface area (Å²) in [6.07, 6.45) is 3.79. The van der Waals surface area contributed by atoms with E-state index in [0.717, 1.165) is 23.0 Å². The van der Waals surface area contributed by atoms with Gasteiger partial charge in [0.05, 0.1) is 11.2 Å². The molecule has 1 heterocycles. The lowest BCUT2D eigenvalue weighted by Gasteiger charge is -2.11. The van der Waals surface area contributed by atoms with Crippen LogP contribution in [-0.4, -0.2) is 14.9 Å². The minimum atomic E-state index is -0.749. The zero-order chi connectivity index (χ0) is 13.1. The van der Waals surface area contributed by atoms with Crippen LogP contribution in [0, 0.1) is 0 Å². The molecule has 1 unspecified atom stereocenters. The summed E-state index contributed by atoms with van der Waals surface area (Å²) in [6, 6.07) is 5.51. The average Bonchev–Trinajstić information content (AvgIpc) is 2.81. The van der Waals surface area contributed by atoms with E-state index in [1.54, 1.807) is 6.20 Å². The van der Waals surface area contributed by atoms with Gasteiger partial charge in [0, 0.05) is 28.3 Å². The fraction of sp³-hybridized carbons (Fsp3) is 0.308. The van der Waals surface area contributed by atoms with Crippen molar-refractivity contribution in [3.05, 3.63) is 51.2 Å². The summed E-state index contributed by atoms with van der Waals surface area (Å²) in [7, 11) is 0. The molecular weight excluding hydrogens is 316 g/mol. The van der Waals surface area contributed by atoms with Gasteiger partial charge in [-0.1, -0.05) is 30.7 Å². The monoisotopic (exact) mass is 328 g/mol. The summed E-state index contributed by atoms with van der Waals surface area (Å²) in [6.45, 7) is 2.93. The molecule has 0 radical (unpaired) electrons. The molecule has 0 saturated carbocycles. The molecule has 1 atom stereocenters. The average molecular weight is 330 g/mol. The second-order valence-corrected chi connectivity index (χ2v) is 5.31. The molecule has 3 nitrogen and oxygen atoms in total. The van der Waals surface area contributed by atoms with Crippen molar-refractivity contribution in [3.8, 4) is 0 Å². The van der Waals surface area contributed by atoms with Gasteiger partial charge in [0.2, 0.25) is 0 Å². The summed E-state index contributed by atoms with van der Waals surface area (Å²) in [4.78, 5) is 0. The van der Waals surface area contributed by atoms with Crippen molar-refractivity contribution in [1.82, 2.24) is 9.78 Å². The van der Waals surface area contributed by atoms with Crippen molar-refractivity contribution in [3.63, 3.8) is 0 Å². The van der Waals surface area contributed by atoms with E-state index in [-0.39, 0.29) is 0 Å². The van der Waals surface area contributed by atoms with Crippen LogP contribution in [-0.2, 0) is 6.54 Å². The molecule has 0 spiro atoms. The Morgan fingerprint density at radius 2 is 2.28 bits per heavy atom. The number of halogens is 2. The van der Waals surface area contributed by atoms with Gasteiger partial charge in [-0.25, -0.2) is 0 Å². The van der Waals surface area contributed by atoms with Crippen molar-refractivity contribution in [2.45, 2.75) is 26.0 Å². The van der Waals surface area contributed by atoms with Gasteiger partial charge in [-0.3, -0.25) is 4.68 Å². The van der Waals surface area contributed by atoms with Crippen LogP contribution in [0.4, 0.5) is 0 Å². The van der Waals surface area contributed by atoms with Gasteiger partial charge in [0.1, 0.15) is 6.10 Å². The van der Waals surface area contributed by atoms with E-state index in [1.165, 1.54) is 0 Å². The van der Waals surface area contributed by atoms with Crippen LogP contribution >= 0.6 is 27.5 Å². The number of hydrogen-bond acceptors (Lipinski definition) is 2. The molecule has 0 aliphatic carbocycles. The number of aromatic nitrogens is 2. The van der Waals surface area contributed by atoms with Gasteiger partial charge in [-0.05, 0) is 28.4 Å². The molecule has 18 heavy (non-hydrogen) atoms. The number of rotatable bonds is 4. The number of hydrogen-bond donors (Lipinski definition) is 1. The van der Waals surface area contributed by atoms with Crippen LogP contribution < -0.4 is 0 Å². The second-order valence-electron chi connectivity index (χ2n) is 4.08. The first kappa shape index (κ1) is 13.6. The lowest BCUT2D eigenvalue weighted by atomic mass is 10.1. The van der Waals surface area contributed by atoms with Crippen LogP contribution in [0.2, 0.25) is 5.02 Å². The predicted octanol–water partition coefficient (Wildman–Crippen LogP) is 3.79. The molecule has 1 aromatic carbocycles. The van der Waals surface area contributed by atoms with Crippen LogP contribution in [0.15, 0.2) is 35.1 Å². The summed E-state index contributed by atoms with van der Waals surface area (Å²) < 4.78 is 2.60. The maximum atomic E-state index is 10.3. The predicted molar refractivity (Wildman–Crippen MR) is 75.7 cm³/mol. The van der Waals surface area contributed by atoms with E-state index >= 15 is 0 Å². The minimum Gasteiger partial charge on any atom is -0.383 e. The number of aliphatic hydroxyl groups is 1. The Labute approximate surface area is 120 Å². The quantitative estimate of drug-likeness (QED) is 0.926. The summed E-state index contributed by atoms with van der Waals surface area (Å²) in [5, 5.41) is 15.1. The first-order valence-electron chi connectivity index (χ1n) is 5.77. The molecular formula is C13H14BrClN2O. The third-order valence-corrected chi connectivity index (χ3v) is 4.01. The number of aliphatic hydroxyl groups excluding tert-OH is 1. The fourth-order valence-corrected chi connectivity index (χ4v) is 2.39. The third-order valence-electron chi connectivity index (χ3n) is 2.70. The summed E-state index contributed by atoms with van der Waals surface area (Å²) in [5.74, 6) is 0. The van der Waals surface area contributed by atoms with Crippen LogP contribution in [0.5, 0.6) is 0 Å². The van der Waals surface area contributed by atoms with Crippen molar-refractivity contribution in [1.29, 1.82) is 0 Å². The molecule has 1 aromatic heterocycles. The second kappa shape index (κ2) is 5.87. The lowest BCUT2D eigenvalue weighted by molar-refractivity contribution is 0.220. The Morgan fingerprint density at radius 1 is 1.50 bits per heavy atom. The van der Waals surface area contributed by atoms with E-state index in [9.17, 15) is 5.11 Å². The molecule has 0 bridgehead atoms. The van der Waals surface area contributed by atoms with Crippen LogP contribution in [0.25, 0.3) is 0 Å². The van der Waals surface area contributed by atoms with Gasteiger partial charge >= 0.3 is 0 Å². The largest absolute Gasteiger partial charge is 0.383 e. The zero-order valence-electron chi connectivity index (χ0n) is 9.98. The first-order valence-corrected chi connectivity index (χ1v) is 6.95. The van der Waals surface area contributed by atoms with E-state index < -0.39 is 6.10 Å². The Hall–Kier alpha value is -0.840. The summed E-state index contributed by atoms with van der Waals surface area (Å²) in [5.41, 5.74) is 1.44. The highest BCUT2D eigenvalue weighted by atomic mass is 79.9. The first-order chi connectivity index (χ1) is 8.63. The molecule has 2 aromatic rings. The number of nitrogens with zero attached hydrogens (tertiary/aromatic N) is 2. The minimum absolute atomic E-state index is 0.535. The van der Waals surface area contributed by atoms with E-state index in [1.807, 2.05) is 29.1 Å². The van der Waals surface area contributed by atoms with Gasteiger partial charge in [-0.2, -0.15) is 5.10 Å². The molecule has 0 saturated heterocycles. The Balaban J connectivity index is 2.29. The summed E-state index contributed by atoms with van der Waals surface area (Å²) >= 11 is 9.52. The van der Waals surface area contributed by atoms with Crippen molar-refractivity contribution in [2.75, 3.05) is 0 Å². The lowest BCUT2D eigenvalue weighted by Crippen LogP contribution is -2.00. The molecule has 0 aliphatic rings. The molecule has 0 aliphatic heterocycles. The molecule has 0 amide bonds. The van der Waals surface area contributed by atoms with Gasteiger partial charge in [-0.15, -0.1) is 0 Å². The highest BCUT2D eigenvalue weighted by Gasteiger charge is 2.16. The standard InChI is InChI=1S/C13H14BrClN2O/c1-2-6-17-8-9(7-16-17)13(18)10-4-3-5-11(14)12(10)15/h3-5,7-8,13,18H,2,6H2,1H3. The maximum Gasteiger partial charge on any atom is 0.109 e. The Kier molecular flexibility index (Phi) is 4.43. The molecule has 1 N–H and O–H groups in total. The van der Waals surface area contributed by atoms with Crippen LogP contribution in [0.3, 0.4) is 0 Å². The topological polar surface area (TPSA) is 38.0 Å². The normalized spacial score (nSPS) is 12.7.